The summed E-state index contributed by atoms with van der Waals surface area (Å²) in [6.45, 7) is 6.28. The molecule has 22 heavy (non-hydrogen) atoms. The predicted octanol–water partition coefficient (Wildman–Crippen LogP) is 1.39. The fourth-order valence-electron chi connectivity index (χ4n) is 2.37. The van der Waals surface area contributed by atoms with Crippen molar-refractivity contribution in [2.24, 2.45) is 0 Å². The number of fused-ring (bicyclic) bond motifs is 1. The van der Waals surface area contributed by atoms with E-state index in [1.54, 1.807) is 20.8 Å². The molecular weight excluding hydrogens is 288 g/mol. The third-order valence-corrected chi connectivity index (χ3v) is 3.20. The van der Waals surface area contributed by atoms with E-state index in [1.165, 1.54) is 7.11 Å². The Kier molecular flexibility index (Phi) is 4.37. The number of carbonyl (C=O) groups is 2. The standard InChI is InChI=1S/C15H20N2O5/c1-15(2,3)22-14(20)10-8-7-16-6-5-9(8)17-12(21-4)11(10)13(18)19/h16H,5-7H2,1-4H3,(H,18,19). The van der Waals surface area contributed by atoms with Crippen LogP contribution in [0.4, 0.5) is 0 Å². The number of aromatic nitrogens is 1. The smallest absolute Gasteiger partial charge is 0.342 e. The molecule has 1 aromatic rings. The molecule has 0 unspecified atom stereocenters. The van der Waals surface area contributed by atoms with Crippen molar-refractivity contribution in [1.82, 2.24) is 10.3 Å². The number of nitrogens with zero attached hydrogens (tertiary/aromatic N) is 1. The molecule has 0 spiro atoms. The number of carbonyl (C=O) groups excluding carboxylic acids is 1. The summed E-state index contributed by atoms with van der Waals surface area (Å²) < 4.78 is 10.4. The van der Waals surface area contributed by atoms with Crippen molar-refractivity contribution >= 4 is 11.9 Å². The molecule has 2 N–H and O–H groups in total. The molecule has 0 aromatic carbocycles. The number of carboxylic acids is 1. The first kappa shape index (κ1) is 16.2. The number of hydrogen-bond donors (Lipinski definition) is 2. The molecule has 2 rings (SSSR count). The van der Waals surface area contributed by atoms with Crippen molar-refractivity contribution < 1.29 is 24.2 Å². The Balaban J connectivity index is 2.66. The van der Waals surface area contributed by atoms with Crippen molar-refractivity contribution in [2.75, 3.05) is 13.7 Å². The third kappa shape index (κ3) is 3.19. The van der Waals surface area contributed by atoms with Crippen LogP contribution >= 0.6 is 0 Å². The van der Waals surface area contributed by atoms with E-state index in [2.05, 4.69) is 10.3 Å². The number of carboxylic acid groups (broad SMARTS) is 1. The Morgan fingerprint density at radius 3 is 2.50 bits per heavy atom. The second-order valence-electron chi connectivity index (χ2n) is 6.03. The second kappa shape index (κ2) is 5.92. The highest BCUT2D eigenvalue weighted by molar-refractivity contribution is 6.05. The molecule has 7 heteroatoms. The molecule has 120 valence electrons. The zero-order chi connectivity index (χ0) is 16.5. The molecule has 0 bridgehead atoms. The van der Waals surface area contributed by atoms with Gasteiger partial charge in [0.15, 0.2) is 0 Å². The lowest BCUT2D eigenvalue weighted by Crippen LogP contribution is -2.31. The van der Waals surface area contributed by atoms with Gasteiger partial charge in [-0.05, 0) is 20.8 Å². The third-order valence-electron chi connectivity index (χ3n) is 3.20. The molecule has 0 saturated carbocycles. The van der Waals surface area contributed by atoms with E-state index in [4.69, 9.17) is 9.47 Å². The molecule has 0 radical (unpaired) electrons. The predicted molar refractivity (Wildman–Crippen MR) is 78.3 cm³/mol. The number of methoxy groups -OCH3 is 1. The minimum absolute atomic E-state index is 0.0245. The molecular formula is C15H20N2O5. The van der Waals surface area contributed by atoms with Gasteiger partial charge in [0, 0.05) is 25.1 Å². The van der Waals surface area contributed by atoms with E-state index in [0.717, 1.165) is 0 Å². The van der Waals surface area contributed by atoms with Crippen LogP contribution < -0.4 is 10.1 Å². The molecule has 2 heterocycles. The van der Waals surface area contributed by atoms with Gasteiger partial charge >= 0.3 is 11.9 Å². The number of ether oxygens (including phenoxy) is 2. The maximum Gasteiger partial charge on any atom is 0.342 e. The van der Waals surface area contributed by atoms with Crippen LogP contribution in [-0.4, -0.2) is 41.3 Å². The number of aromatic carboxylic acids is 1. The minimum atomic E-state index is -1.27. The van der Waals surface area contributed by atoms with Gasteiger partial charge in [0.25, 0.3) is 0 Å². The van der Waals surface area contributed by atoms with Gasteiger partial charge in [0.2, 0.25) is 5.88 Å². The van der Waals surface area contributed by atoms with Crippen molar-refractivity contribution in [3.8, 4) is 5.88 Å². The zero-order valence-electron chi connectivity index (χ0n) is 13.1. The average molecular weight is 308 g/mol. The van der Waals surface area contributed by atoms with Crippen LogP contribution in [0.25, 0.3) is 0 Å². The lowest BCUT2D eigenvalue weighted by Gasteiger charge is -2.25. The molecule has 7 nitrogen and oxygen atoms in total. The Morgan fingerprint density at radius 1 is 1.27 bits per heavy atom. The monoisotopic (exact) mass is 308 g/mol. The normalized spacial score (nSPS) is 14.2. The molecule has 0 aliphatic carbocycles. The second-order valence-corrected chi connectivity index (χ2v) is 6.03. The summed E-state index contributed by atoms with van der Waals surface area (Å²) >= 11 is 0. The molecule has 1 aliphatic rings. The Labute approximate surface area is 128 Å². The van der Waals surface area contributed by atoms with Crippen LogP contribution in [0.2, 0.25) is 0 Å². The van der Waals surface area contributed by atoms with E-state index in [1.807, 2.05) is 0 Å². The summed E-state index contributed by atoms with van der Waals surface area (Å²) in [4.78, 5) is 28.4. The Morgan fingerprint density at radius 2 is 1.95 bits per heavy atom. The lowest BCUT2D eigenvalue weighted by molar-refractivity contribution is 0.00632. The quantitative estimate of drug-likeness (QED) is 0.814. The first-order valence-corrected chi connectivity index (χ1v) is 7.01. The van der Waals surface area contributed by atoms with Gasteiger partial charge < -0.3 is 19.9 Å². The summed E-state index contributed by atoms with van der Waals surface area (Å²) in [7, 11) is 1.33. The van der Waals surface area contributed by atoms with Crippen molar-refractivity contribution in [3.05, 3.63) is 22.4 Å². The van der Waals surface area contributed by atoms with E-state index in [-0.39, 0.29) is 17.0 Å². The van der Waals surface area contributed by atoms with Crippen LogP contribution in [0.5, 0.6) is 5.88 Å². The summed E-state index contributed by atoms with van der Waals surface area (Å²) in [6, 6.07) is 0. The fraction of sp³-hybridized carbons (Fsp3) is 0.533. The Hall–Kier alpha value is -2.15. The van der Waals surface area contributed by atoms with E-state index < -0.39 is 17.5 Å². The highest BCUT2D eigenvalue weighted by atomic mass is 16.6. The van der Waals surface area contributed by atoms with E-state index in [0.29, 0.717) is 30.8 Å². The summed E-state index contributed by atoms with van der Waals surface area (Å²) in [5.41, 5.74) is 0.286. The van der Waals surface area contributed by atoms with Crippen LogP contribution in [0.1, 0.15) is 52.7 Å². The van der Waals surface area contributed by atoms with Crippen molar-refractivity contribution in [1.29, 1.82) is 0 Å². The number of hydrogen-bond acceptors (Lipinski definition) is 6. The molecule has 0 amide bonds. The highest BCUT2D eigenvalue weighted by Crippen LogP contribution is 2.29. The summed E-state index contributed by atoms with van der Waals surface area (Å²) in [6.07, 6.45) is 0.599. The number of esters is 1. The Bertz CT molecular complexity index is 619. The van der Waals surface area contributed by atoms with Crippen LogP contribution in [0.15, 0.2) is 0 Å². The molecule has 0 saturated heterocycles. The first-order valence-electron chi connectivity index (χ1n) is 7.01. The van der Waals surface area contributed by atoms with Crippen LogP contribution in [-0.2, 0) is 17.7 Å². The fourth-order valence-corrected chi connectivity index (χ4v) is 2.37. The molecule has 1 aliphatic heterocycles. The van der Waals surface area contributed by atoms with Gasteiger partial charge in [-0.25, -0.2) is 14.6 Å². The van der Waals surface area contributed by atoms with Gasteiger partial charge in [0.05, 0.1) is 18.4 Å². The number of pyridine rings is 1. The topological polar surface area (TPSA) is 97.8 Å². The first-order chi connectivity index (χ1) is 10.2. The van der Waals surface area contributed by atoms with E-state index in [9.17, 15) is 14.7 Å². The number of nitrogens with one attached hydrogen (secondary N) is 1. The highest BCUT2D eigenvalue weighted by Gasteiger charge is 2.32. The van der Waals surface area contributed by atoms with Gasteiger partial charge in [-0.2, -0.15) is 0 Å². The van der Waals surface area contributed by atoms with E-state index >= 15 is 0 Å². The van der Waals surface area contributed by atoms with Gasteiger partial charge in [0.1, 0.15) is 11.2 Å². The van der Waals surface area contributed by atoms with Gasteiger partial charge in [-0.1, -0.05) is 0 Å². The average Bonchev–Trinajstić information content (AvgIpc) is 2.42. The summed E-state index contributed by atoms with van der Waals surface area (Å²) in [5, 5.41) is 12.6. The molecule has 0 fully saturated rings. The number of rotatable bonds is 3. The SMILES string of the molecule is COc1nc2c(c(C(=O)OC(C)(C)C)c1C(=O)O)CNCC2. The minimum Gasteiger partial charge on any atom is -0.480 e. The van der Waals surface area contributed by atoms with Gasteiger partial charge in [-0.15, -0.1) is 0 Å². The van der Waals surface area contributed by atoms with Gasteiger partial charge in [-0.3, -0.25) is 0 Å². The largest absolute Gasteiger partial charge is 0.480 e. The van der Waals surface area contributed by atoms with Crippen molar-refractivity contribution in [2.45, 2.75) is 39.3 Å². The van der Waals surface area contributed by atoms with Crippen molar-refractivity contribution in [3.63, 3.8) is 0 Å². The van der Waals surface area contributed by atoms with Crippen LogP contribution in [0.3, 0.4) is 0 Å². The maximum atomic E-state index is 12.5. The zero-order valence-corrected chi connectivity index (χ0v) is 13.1. The molecule has 1 aromatic heterocycles. The maximum absolute atomic E-state index is 12.5. The lowest BCUT2D eigenvalue weighted by atomic mass is 9.96. The van der Waals surface area contributed by atoms with Crippen LogP contribution in [0, 0.1) is 0 Å². The summed E-state index contributed by atoms with van der Waals surface area (Å²) in [5.74, 6) is -2.00. The molecule has 0 atom stereocenters.